The molecule has 0 aliphatic carbocycles. The maximum Gasteiger partial charge on any atom is 0.207 e. The van der Waals surface area contributed by atoms with Gasteiger partial charge in [0.05, 0.1) is 18.7 Å². The second-order valence-corrected chi connectivity index (χ2v) is 7.36. The average molecular weight is 439 g/mol. The molecular formula is C24H27ClN4O2. The second-order valence-electron chi connectivity index (χ2n) is 6.98. The van der Waals surface area contributed by atoms with Crippen molar-refractivity contribution in [1.29, 1.82) is 10.7 Å². The molecule has 0 atom stereocenters. The molecule has 1 amide bonds. The lowest BCUT2D eigenvalue weighted by molar-refractivity contribution is -0.109. The normalized spacial score (nSPS) is 10.8. The third kappa shape index (κ3) is 6.87. The number of halogens is 1. The maximum atomic E-state index is 10.3. The highest BCUT2D eigenvalue weighted by Crippen LogP contribution is 2.29. The van der Waals surface area contributed by atoms with Gasteiger partial charge in [0, 0.05) is 17.8 Å². The first-order valence-corrected chi connectivity index (χ1v) is 10.5. The molecule has 0 saturated carbocycles. The molecule has 0 bridgehead atoms. The van der Waals surface area contributed by atoms with Gasteiger partial charge in [-0.25, -0.2) is 0 Å². The van der Waals surface area contributed by atoms with Crippen molar-refractivity contribution in [2.45, 2.75) is 32.6 Å². The number of unbranched alkanes of at least 4 members (excludes halogenated alkanes) is 3. The van der Waals surface area contributed by atoms with Crippen LogP contribution >= 0.6 is 11.6 Å². The van der Waals surface area contributed by atoms with Crippen LogP contribution in [-0.2, 0) is 4.79 Å². The first kappa shape index (κ1) is 24.0. The molecule has 0 unspecified atom stereocenters. The van der Waals surface area contributed by atoms with Gasteiger partial charge >= 0.3 is 0 Å². The van der Waals surface area contributed by atoms with E-state index >= 15 is 0 Å². The summed E-state index contributed by atoms with van der Waals surface area (Å²) in [6, 6.07) is 14.6. The second kappa shape index (κ2) is 12.4. The highest BCUT2D eigenvalue weighted by atomic mass is 35.5. The van der Waals surface area contributed by atoms with Gasteiger partial charge in [-0.2, -0.15) is 5.26 Å². The summed E-state index contributed by atoms with van der Waals surface area (Å²) < 4.78 is 5.35. The van der Waals surface area contributed by atoms with E-state index < -0.39 is 0 Å². The fraction of sp³-hybridized carbons (Fsp3) is 0.292. The molecule has 2 rings (SSSR count). The summed E-state index contributed by atoms with van der Waals surface area (Å²) in [5.74, 6) is 0.975. The number of amidine groups is 1. The van der Waals surface area contributed by atoms with Crippen LogP contribution in [0.3, 0.4) is 0 Å². The predicted octanol–water partition coefficient (Wildman–Crippen LogP) is 5.09. The van der Waals surface area contributed by atoms with Crippen LogP contribution in [0.2, 0.25) is 0 Å². The van der Waals surface area contributed by atoms with Crippen molar-refractivity contribution >= 4 is 29.5 Å². The third-order valence-corrected chi connectivity index (χ3v) is 5.11. The Kier molecular flexibility index (Phi) is 9.60. The Bertz CT molecular complexity index is 965. The number of carbonyl (C=O) groups is 1. The Morgan fingerprint density at radius 2 is 1.97 bits per heavy atom. The van der Waals surface area contributed by atoms with Crippen LogP contribution in [0.5, 0.6) is 5.75 Å². The van der Waals surface area contributed by atoms with E-state index in [-0.39, 0.29) is 5.84 Å². The lowest BCUT2D eigenvalue weighted by Crippen LogP contribution is -2.28. The van der Waals surface area contributed by atoms with Crippen molar-refractivity contribution in [2.24, 2.45) is 0 Å². The SMILES string of the molecule is COc1ccc(N(C(=N)c2ccc(C#N)cc2)/C(Cl)=C/CCCCCNC=O)cc1C. The minimum Gasteiger partial charge on any atom is -0.496 e. The first-order chi connectivity index (χ1) is 15.0. The van der Waals surface area contributed by atoms with Crippen LogP contribution < -0.4 is 15.0 Å². The van der Waals surface area contributed by atoms with Crippen molar-refractivity contribution in [3.05, 3.63) is 70.4 Å². The molecule has 162 valence electrons. The van der Waals surface area contributed by atoms with Gasteiger partial charge in [0.25, 0.3) is 0 Å². The van der Waals surface area contributed by atoms with E-state index in [4.69, 9.17) is 27.0 Å². The Morgan fingerprint density at radius 3 is 2.58 bits per heavy atom. The van der Waals surface area contributed by atoms with E-state index in [2.05, 4.69) is 11.4 Å². The zero-order valence-electron chi connectivity index (χ0n) is 17.8. The number of ether oxygens (including phenoxy) is 1. The van der Waals surface area contributed by atoms with Crippen LogP contribution in [0.25, 0.3) is 0 Å². The minimum atomic E-state index is 0.213. The zero-order chi connectivity index (χ0) is 22.6. The number of nitrogens with one attached hydrogen (secondary N) is 2. The lowest BCUT2D eigenvalue weighted by atomic mass is 10.1. The summed E-state index contributed by atoms with van der Waals surface area (Å²) in [6.07, 6.45) is 6.18. The molecule has 0 heterocycles. The van der Waals surface area contributed by atoms with Crippen LogP contribution in [0.4, 0.5) is 5.69 Å². The van der Waals surface area contributed by atoms with Crippen molar-refractivity contribution in [3.8, 4) is 11.8 Å². The maximum absolute atomic E-state index is 10.3. The van der Waals surface area contributed by atoms with E-state index in [9.17, 15) is 4.79 Å². The number of methoxy groups -OCH3 is 1. The summed E-state index contributed by atoms with van der Waals surface area (Å²) in [7, 11) is 1.62. The number of amides is 1. The number of hydrogen-bond acceptors (Lipinski definition) is 4. The van der Waals surface area contributed by atoms with E-state index in [1.165, 1.54) is 0 Å². The van der Waals surface area contributed by atoms with Gasteiger partial charge in [-0.15, -0.1) is 0 Å². The molecule has 0 saturated heterocycles. The number of anilines is 1. The number of rotatable bonds is 11. The monoisotopic (exact) mass is 438 g/mol. The van der Waals surface area contributed by atoms with E-state index in [1.807, 2.05) is 31.2 Å². The van der Waals surface area contributed by atoms with Crippen molar-refractivity contribution in [1.82, 2.24) is 5.32 Å². The van der Waals surface area contributed by atoms with Crippen molar-refractivity contribution in [2.75, 3.05) is 18.6 Å². The molecule has 0 aliphatic heterocycles. The van der Waals surface area contributed by atoms with Gasteiger partial charge < -0.3 is 10.1 Å². The molecule has 2 N–H and O–H groups in total. The minimum absolute atomic E-state index is 0.213. The molecule has 0 fully saturated rings. The van der Waals surface area contributed by atoms with Gasteiger partial charge in [0.15, 0.2) is 0 Å². The number of carbonyl (C=O) groups excluding carboxylic acids is 1. The highest BCUT2D eigenvalue weighted by molar-refractivity contribution is 6.35. The molecule has 31 heavy (non-hydrogen) atoms. The third-order valence-electron chi connectivity index (χ3n) is 4.78. The molecule has 2 aromatic rings. The summed E-state index contributed by atoms with van der Waals surface area (Å²) in [5, 5.41) is 20.9. The number of benzene rings is 2. The topological polar surface area (TPSA) is 89.2 Å². The molecule has 0 aromatic heterocycles. The smallest absolute Gasteiger partial charge is 0.207 e. The fourth-order valence-electron chi connectivity index (χ4n) is 3.11. The Hall–Kier alpha value is -3.30. The highest BCUT2D eigenvalue weighted by Gasteiger charge is 2.18. The van der Waals surface area contributed by atoms with Crippen LogP contribution in [0.1, 0.15) is 42.4 Å². The summed E-state index contributed by atoms with van der Waals surface area (Å²) in [5.41, 5.74) is 2.88. The number of hydrogen-bond donors (Lipinski definition) is 2. The van der Waals surface area contributed by atoms with Gasteiger partial charge in [0.2, 0.25) is 6.41 Å². The van der Waals surface area contributed by atoms with Gasteiger partial charge in [-0.3, -0.25) is 15.1 Å². The molecular weight excluding hydrogens is 412 g/mol. The van der Waals surface area contributed by atoms with Gasteiger partial charge in [0.1, 0.15) is 16.7 Å². The van der Waals surface area contributed by atoms with E-state index in [1.54, 1.807) is 36.3 Å². The molecule has 6 nitrogen and oxygen atoms in total. The summed E-state index contributed by atoms with van der Waals surface area (Å²) >= 11 is 6.68. The predicted molar refractivity (Wildman–Crippen MR) is 125 cm³/mol. The largest absolute Gasteiger partial charge is 0.496 e. The van der Waals surface area contributed by atoms with Crippen molar-refractivity contribution in [3.63, 3.8) is 0 Å². The number of aryl methyl sites for hydroxylation is 1. The molecule has 7 heteroatoms. The Balaban J connectivity index is 2.25. The molecule has 2 aromatic carbocycles. The summed E-state index contributed by atoms with van der Waals surface area (Å²) in [4.78, 5) is 12.0. The number of allylic oxidation sites excluding steroid dienone is 1. The fourth-order valence-corrected chi connectivity index (χ4v) is 3.40. The summed E-state index contributed by atoms with van der Waals surface area (Å²) in [6.45, 7) is 2.61. The average Bonchev–Trinajstić information content (AvgIpc) is 2.78. The van der Waals surface area contributed by atoms with Gasteiger partial charge in [-0.1, -0.05) is 18.0 Å². The van der Waals surface area contributed by atoms with E-state index in [0.717, 1.165) is 42.7 Å². The van der Waals surface area contributed by atoms with Crippen molar-refractivity contribution < 1.29 is 9.53 Å². The number of nitriles is 1. The molecule has 0 aliphatic rings. The van der Waals surface area contributed by atoms with E-state index in [0.29, 0.717) is 29.2 Å². The quantitative estimate of drug-likeness (QED) is 0.168. The van der Waals surface area contributed by atoms with Gasteiger partial charge in [-0.05, 0) is 80.3 Å². The molecule has 0 spiro atoms. The van der Waals surface area contributed by atoms with Crippen LogP contribution in [-0.4, -0.2) is 25.9 Å². The Labute approximate surface area is 188 Å². The Morgan fingerprint density at radius 1 is 1.23 bits per heavy atom. The lowest BCUT2D eigenvalue weighted by Gasteiger charge is -2.25. The first-order valence-electron chi connectivity index (χ1n) is 10.1. The molecule has 0 radical (unpaired) electrons. The number of nitrogens with zero attached hydrogens (tertiary/aromatic N) is 2. The standard InChI is InChI=1S/C24H27ClN4O2/c1-18-15-21(12-13-22(18)31-2)29(23(25)7-5-3-4-6-14-28-17-30)24(27)20-10-8-19(16-26)9-11-20/h7-13,15,17,27H,3-6,14H2,1-2H3,(H,28,30)/b23-7+,27-24?. The zero-order valence-corrected chi connectivity index (χ0v) is 18.6. The van der Waals surface area contributed by atoms with Crippen LogP contribution in [0.15, 0.2) is 53.7 Å². The van der Waals surface area contributed by atoms with Crippen LogP contribution in [0, 0.1) is 23.7 Å².